The van der Waals surface area contributed by atoms with Crippen LogP contribution in [0, 0.1) is 6.92 Å². The molecule has 2 aliphatic heterocycles. The molecule has 2 heterocycles. The number of amides is 2. The lowest BCUT2D eigenvalue weighted by atomic mass is 10.0. The molecule has 0 unspecified atom stereocenters. The average molecular weight is 447 g/mol. The molecule has 0 saturated carbocycles. The molecule has 32 heavy (non-hydrogen) atoms. The van der Waals surface area contributed by atoms with Crippen molar-refractivity contribution in [2.75, 3.05) is 31.1 Å². The Labute approximate surface area is 187 Å². The number of esters is 2. The van der Waals surface area contributed by atoms with E-state index in [0.29, 0.717) is 16.8 Å². The number of rotatable bonds is 5. The van der Waals surface area contributed by atoms with Crippen molar-refractivity contribution in [1.82, 2.24) is 4.90 Å². The normalized spacial score (nSPS) is 19.8. The quantitative estimate of drug-likeness (QED) is 0.636. The second-order valence-corrected chi connectivity index (χ2v) is 8.94. The van der Waals surface area contributed by atoms with Gasteiger partial charge in [-0.1, -0.05) is 6.07 Å². The lowest BCUT2D eigenvalue weighted by Crippen LogP contribution is -2.56. The Hall–Kier alpha value is -2.94. The average Bonchev–Trinajstić information content (AvgIpc) is 2.64. The topological polar surface area (TPSA) is 102 Å². The van der Waals surface area contributed by atoms with Gasteiger partial charge in [-0.3, -0.25) is 14.4 Å². The molecular weight excluding hydrogens is 416 g/mol. The molecule has 1 aromatic rings. The van der Waals surface area contributed by atoms with Crippen LogP contribution in [-0.2, 0) is 28.6 Å². The molecule has 2 saturated heterocycles. The Morgan fingerprint density at radius 2 is 1.84 bits per heavy atom. The van der Waals surface area contributed by atoms with E-state index in [9.17, 15) is 19.2 Å². The monoisotopic (exact) mass is 446 g/mol. The van der Waals surface area contributed by atoms with E-state index in [4.69, 9.17) is 14.2 Å². The van der Waals surface area contributed by atoms with Crippen molar-refractivity contribution in [1.29, 1.82) is 0 Å². The largest absolute Gasteiger partial charge is 0.457 e. The van der Waals surface area contributed by atoms with E-state index in [1.807, 2.05) is 0 Å². The smallest absolute Gasteiger partial charge is 0.351 e. The molecule has 0 N–H and O–H groups in total. The molecule has 1 aromatic carbocycles. The molecule has 9 nitrogen and oxygen atoms in total. The molecule has 9 heteroatoms. The maximum Gasteiger partial charge on any atom is 0.351 e. The lowest BCUT2D eigenvalue weighted by molar-refractivity contribution is -0.188. The number of hydrogen-bond acceptors (Lipinski definition) is 7. The zero-order valence-electron chi connectivity index (χ0n) is 19.2. The SMILES string of the molecule is CC(=O)O[C@@H](C(=O)OC(C)(C)C)[C@H]1OCCN(c2cccc(C(=O)N3CCC3)c2C)C1=O. The molecular formula is C23H30N2O7. The minimum atomic E-state index is -1.53. The first-order chi connectivity index (χ1) is 15.0. The predicted molar refractivity (Wildman–Crippen MR) is 115 cm³/mol. The fourth-order valence-corrected chi connectivity index (χ4v) is 3.67. The summed E-state index contributed by atoms with van der Waals surface area (Å²) >= 11 is 0. The molecule has 2 amide bonds. The van der Waals surface area contributed by atoms with Crippen LogP contribution in [0.15, 0.2) is 18.2 Å². The summed E-state index contributed by atoms with van der Waals surface area (Å²) in [5.41, 5.74) is 0.913. The minimum absolute atomic E-state index is 0.0700. The van der Waals surface area contributed by atoms with Gasteiger partial charge in [-0.15, -0.1) is 0 Å². The summed E-state index contributed by atoms with van der Waals surface area (Å²) in [6, 6.07) is 5.21. The number of hydrogen-bond donors (Lipinski definition) is 0. The van der Waals surface area contributed by atoms with Crippen molar-refractivity contribution in [2.45, 2.75) is 58.8 Å². The number of nitrogens with zero attached hydrogens (tertiary/aromatic N) is 2. The van der Waals surface area contributed by atoms with Gasteiger partial charge in [0.1, 0.15) is 5.60 Å². The van der Waals surface area contributed by atoms with Crippen LogP contribution in [0.2, 0.25) is 0 Å². The molecule has 0 bridgehead atoms. The van der Waals surface area contributed by atoms with E-state index < -0.39 is 35.7 Å². The van der Waals surface area contributed by atoms with Crippen molar-refractivity contribution in [2.24, 2.45) is 0 Å². The van der Waals surface area contributed by atoms with E-state index in [1.165, 1.54) is 4.90 Å². The predicted octanol–water partition coefficient (Wildman–Crippen LogP) is 1.85. The van der Waals surface area contributed by atoms with Gasteiger partial charge in [0.15, 0.2) is 6.10 Å². The minimum Gasteiger partial charge on any atom is -0.457 e. The number of carbonyl (C=O) groups excluding carboxylic acids is 4. The van der Waals surface area contributed by atoms with Crippen LogP contribution in [0.5, 0.6) is 0 Å². The standard InChI is InChI=1S/C23H30N2O7/c1-14-16(20(27)24-10-7-11-24)8-6-9-17(14)25-12-13-30-18(21(25)28)19(31-15(2)26)22(29)32-23(3,4)5/h6,8-9,18-19H,7,10-13H2,1-5H3/t18-,19-/m1/s1. The van der Waals surface area contributed by atoms with Crippen molar-refractivity contribution in [3.05, 3.63) is 29.3 Å². The Balaban J connectivity index is 1.88. The third-order valence-corrected chi connectivity index (χ3v) is 5.30. The number of morpholine rings is 1. The summed E-state index contributed by atoms with van der Waals surface area (Å²) in [6.07, 6.45) is -1.90. The highest BCUT2D eigenvalue weighted by Crippen LogP contribution is 2.29. The van der Waals surface area contributed by atoms with Crippen LogP contribution in [-0.4, -0.2) is 72.7 Å². The van der Waals surface area contributed by atoms with E-state index in [-0.39, 0.29) is 19.1 Å². The lowest BCUT2D eigenvalue weighted by Gasteiger charge is -2.37. The number of likely N-dealkylation sites (tertiary alicyclic amines) is 1. The zero-order valence-corrected chi connectivity index (χ0v) is 19.2. The van der Waals surface area contributed by atoms with Gasteiger partial charge in [0, 0.05) is 37.8 Å². The molecule has 0 aromatic heterocycles. The molecule has 0 aliphatic carbocycles. The first kappa shape index (κ1) is 23.7. The van der Waals surface area contributed by atoms with Crippen LogP contribution >= 0.6 is 0 Å². The third-order valence-electron chi connectivity index (χ3n) is 5.30. The third kappa shape index (κ3) is 5.09. The Kier molecular flexibility index (Phi) is 6.88. The first-order valence-corrected chi connectivity index (χ1v) is 10.7. The molecule has 174 valence electrons. The van der Waals surface area contributed by atoms with Crippen LogP contribution in [0.25, 0.3) is 0 Å². The van der Waals surface area contributed by atoms with Gasteiger partial charge >= 0.3 is 11.9 Å². The van der Waals surface area contributed by atoms with Gasteiger partial charge in [0.2, 0.25) is 6.10 Å². The van der Waals surface area contributed by atoms with Gasteiger partial charge in [-0.05, 0) is 51.8 Å². The van der Waals surface area contributed by atoms with Crippen molar-refractivity contribution in [3.8, 4) is 0 Å². The Morgan fingerprint density at radius 1 is 1.16 bits per heavy atom. The van der Waals surface area contributed by atoms with E-state index in [1.54, 1.807) is 50.8 Å². The number of benzene rings is 1. The van der Waals surface area contributed by atoms with Crippen LogP contribution < -0.4 is 4.90 Å². The van der Waals surface area contributed by atoms with Crippen LogP contribution in [0.3, 0.4) is 0 Å². The fraction of sp³-hybridized carbons (Fsp3) is 0.565. The number of anilines is 1. The molecule has 2 aliphatic rings. The van der Waals surface area contributed by atoms with Gasteiger partial charge in [0.25, 0.3) is 11.8 Å². The highest BCUT2D eigenvalue weighted by Gasteiger charge is 2.44. The molecule has 2 fully saturated rings. The van der Waals surface area contributed by atoms with Gasteiger partial charge in [-0.2, -0.15) is 0 Å². The highest BCUT2D eigenvalue weighted by atomic mass is 16.6. The number of ether oxygens (including phenoxy) is 3. The number of carbonyl (C=O) groups is 4. The van der Waals surface area contributed by atoms with Gasteiger partial charge in [0.05, 0.1) is 6.61 Å². The summed E-state index contributed by atoms with van der Waals surface area (Å²) in [7, 11) is 0. The van der Waals surface area contributed by atoms with Crippen molar-refractivity contribution < 1.29 is 33.4 Å². The summed E-state index contributed by atoms with van der Waals surface area (Å²) in [6.45, 7) is 9.77. The molecule has 0 spiro atoms. The summed E-state index contributed by atoms with van der Waals surface area (Å²) in [5.74, 6) is -2.19. The molecule has 2 atom stereocenters. The van der Waals surface area contributed by atoms with E-state index in [0.717, 1.165) is 26.4 Å². The van der Waals surface area contributed by atoms with Gasteiger partial charge in [-0.25, -0.2) is 4.79 Å². The maximum absolute atomic E-state index is 13.4. The van der Waals surface area contributed by atoms with Crippen LogP contribution in [0.1, 0.15) is 50.0 Å². The van der Waals surface area contributed by atoms with E-state index >= 15 is 0 Å². The highest BCUT2D eigenvalue weighted by molar-refractivity contribution is 6.03. The second kappa shape index (κ2) is 9.28. The first-order valence-electron chi connectivity index (χ1n) is 10.7. The summed E-state index contributed by atoms with van der Waals surface area (Å²) < 4.78 is 16.1. The van der Waals surface area contributed by atoms with E-state index in [2.05, 4.69) is 0 Å². The van der Waals surface area contributed by atoms with Crippen molar-refractivity contribution >= 4 is 29.4 Å². The Bertz CT molecular complexity index is 917. The summed E-state index contributed by atoms with van der Waals surface area (Å²) in [5, 5.41) is 0. The van der Waals surface area contributed by atoms with Gasteiger partial charge < -0.3 is 24.0 Å². The summed E-state index contributed by atoms with van der Waals surface area (Å²) in [4.78, 5) is 53.7. The van der Waals surface area contributed by atoms with Crippen LogP contribution in [0.4, 0.5) is 5.69 Å². The zero-order chi connectivity index (χ0) is 23.6. The maximum atomic E-state index is 13.4. The fourth-order valence-electron chi connectivity index (χ4n) is 3.67. The van der Waals surface area contributed by atoms with Crippen molar-refractivity contribution in [3.63, 3.8) is 0 Å². The second-order valence-electron chi connectivity index (χ2n) is 8.94. The molecule has 0 radical (unpaired) electrons. The molecule has 3 rings (SSSR count). The Morgan fingerprint density at radius 3 is 2.41 bits per heavy atom.